The van der Waals surface area contributed by atoms with Gasteiger partial charge >= 0.3 is 17.9 Å². The molecule has 12 atom stereocenters. The molecule has 2 aliphatic carbocycles. The maximum atomic E-state index is 14.4. The Kier molecular flexibility index (Phi) is 6.80. The number of ketones is 1. The van der Waals surface area contributed by atoms with Crippen LogP contribution in [0.2, 0.25) is 0 Å². The summed E-state index contributed by atoms with van der Waals surface area (Å²) in [5.41, 5.74) is -4.61. The number of furan rings is 1. The predicted molar refractivity (Wildman–Crippen MR) is 147 cm³/mol. The fourth-order valence-electron chi connectivity index (χ4n) is 9.20. The molecule has 6 rings (SSSR count). The number of cyclic esters (lactones) is 1. The average Bonchev–Trinajstić information content (AvgIpc) is 3.54. The van der Waals surface area contributed by atoms with Crippen molar-refractivity contribution in [1.82, 2.24) is 0 Å². The highest BCUT2D eigenvalue weighted by Crippen LogP contribution is 2.72. The Bertz CT molecular complexity index is 1370. The molecule has 1 aromatic heterocycles. The number of aliphatic hydroxyl groups is 2. The molecule has 11 nitrogen and oxygen atoms in total. The Morgan fingerprint density at radius 3 is 2.53 bits per heavy atom. The molecule has 5 fully saturated rings. The first-order valence-electron chi connectivity index (χ1n) is 15.0. The first kappa shape index (κ1) is 30.0. The van der Waals surface area contributed by atoms with E-state index in [1.165, 1.54) is 12.5 Å². The summed E-state index contributed by atoms with van der Waals surface area (Å²) in [5.74, 6) is -4.98. The number of carbonyl (C=O) groups excluding carboxylic acids is 4. The Labute approximate surface area is 249 Å². The minimum Gasteiger partial charge on any atom is -0.472 e. The van der Waals surface area contributed by atoms with E-state index in [2.05, 4.69) is 6.58 Å². The maximum Gasteiger partial charge on any atom is 0.335 e. The quantitative estimate of drug-likeness (QED) is 0.291. The number of Topliss-reactive ketones (excluding diaryl/α,β-unsaturated/α-hetero) is 1. The van der Waals surface area contributed by atoms with Crippen molar-refractivity contribution in [3.8, 4) is 0 Å². The third kappa shape index (κ3) is 3.77. The summed E-state index contributed by atoms with van der Waals surface area (Å²) in [4.78, 5) is 53.8. The molecular formula is C32H40O11. The monoisotopic (exact) mass is 600 g/mol. The molecule has 1 aromatic rings. The lowest BCUT2D eigenvalue weighted by atomic mass is 9.44. The summed E-state index contributed by atoms with van der Waals surface area (Å²) in [6.45, 7) is 13.0. The van der Waals surface area contributed by atoms with Crippen LogP contribution in [0.15, 0.2) is 35.2 Å². The molecule has 2 saturated carbocycles. The van der Waals surface area contributed by atoms with Crippen LogP contribution in [0.25, 0.3) is 0 Å². The molecule has 3 aliphatic heterocycles. The van der Waals surface area contributed by atoms with Gasteiger partial charge in [0, 0.05) is 29.6 Å². The minimum absolute atomic E-state index is 0.0299. The number of ether oxygens (including phenoxy) is 4. The van der Waals surface area contributed by atoms with Crippen molar-refractivity contribution < 1.29 is 52.8 Å². The van der Waals surface area contributed by atoms with Gasteiger partial charge in [-0.15, -0.1) is 0 Å². The van der Waals surface area contributed by atoms with E-state index in [0.717, 1.165) is 0 Å². The van der Waals surface area contributed by atoms with Crippen molar-refractivity contribution in [2.45, 2.75) is 102 Å². The highest BCUT2D eigenvalue weighted by molar-refractivity contribution is 5.97. The molecule has 234 valence electrons. The first-order valence-corrected chi connectivity index (χ1v) is 15.0. The van der Waals surface area contributed by atoms with Gasteiger partial charge in [-0.05, 0) is 30.0 Å². The molecule has 0 aromatic carbocycles. The number of hydrogen-bond acceptors (Lipinski definition) is 11. The standard InChI is InChI=1S/C32H40O11/c1-7-15(2)25(36)28(38)41-27-26(37)24-16(3)32(20(33)10-18(31(27,32)6)17-8-9-39-13-17)42-21-12-23(35)43-29(4)14-40-22(34)11-19(29)30(21,24)5/h8-9,13,15,18-19,21,24-27,36-37H,3,7,10-12,14H2,1-2,4-6H3/t15-,18-,19-,21-,24+,25+,26+,27-,29+,30+,31+,32+/m0/s1. The van der Waals surface area contributed by atoms with Crippen LogP contribution < -0.4 is 0 Å². The Morgan fingerprint density at radius 2 is 1.88 bits per heavy atom. The zero-order chi connectivity index (χ0) is 31.3. The molecule has 5 aliphatic rings. The van der Waals surface area contributed by atoms with Crippen molar-refractivity contribution in [3.63, 3.8) is 0 Å². The molecule has 4 heterocycles. The zero-order valence-corrected chi connectivity index (χ0v) is 25.2. The zero-order valence-electron chi connectivity index (χ0n) is 25.2. The van der Waals surface area contributed by atoms with Crippen molar-refractivity contribution in [1.29, 1.82) is 0 Å². The Hall–Kier alpha value is -3.02. The largest absolute Gasteiger partial charge is 0.472 e. The van der Waals surface area contributed by atoms with Crippen LogP contribution in [0, 0.1) is 28.6 Å². The maximum absolute atomic E-state index is 14.4. The SMILES string of the molecule is C=C1[C@@H]2[C@@H](O)[C@H](OC(=O)[C@H](O)[C@@H](C)CC)[C@@]3(C)[C@H](c4ccoc4)CC(=O)[C@]13O[C@H]1CC(=O)O[C@]3(C)COC(=O)C[C@@H]3[C@]12C. The minimum atomic E-state index is -1.76. The van der Waals surface area contributed by atoms with Gasteiger partial charge in [0.25, 0.3) is 0 Å². The van der Waals surface area contributed by atoms with Gasteiger partial charge in [0.15, 0.2) is 17.5 Å². The van der Waals surface area contributed by atoms with Gasteiger partial charge in [0.1, 0.15) is 18.3 Å². The van der Waals surface area contributed by atoms with E-state index in [1.807, 2.05) is 13.8 Å². The second kappa shape index (κ2) is 9.74. The summed E-state index contributed by atoms with van der Waals surface area (Å²) in [6.07, 6.45) is -2.08. The summed E-state index contributed by atoms with van der Waals surface area (Å²) in [6, 6.07) is 1.71. The molecular weight excluding hydrogens is 560 g/mol. The van der Waals surface area contributed by atoms with E-state index < -0.39 is 88.0 Å². The molecule has 11 heteroatoms. The molecule has 0 amide bonds. The van der Waals surface area contributed by atoms with Crippen molar-refractivity contribution in [2.24, 2.45) is 28.6 Å². The van der Waals surface area contributed by atoms with Crippen LogP contribution in [-0.4, -0.2) is 76.1 Å². The van der Waals surface area contributed by atoms with E-state index >= 15 is 0 Å². The normalized spacial score (nSPS) is 45.1. The second-order valence-electron chi connectivity index (χ2n) is 13.8. The van der Waals surface area contributed by atoms with Gasteiger partial charge < -0.3 is 33.6 Å². The lowest BCUT2D eigenvalue weighted by molar-refractivity contribution is -0.296. The van der Waals surface area contributed by atoms with E-state index in [9.17, 15) is 29.4 Å². The number of esters is 3. The summed E-state index contributed by atoms with van der Waals surface area (Å²) < 4.78 is 29.6. The first-order chi connectivity index (χ1) is 20.2. The Morgan fingerprint density at radius 1 is 1.16 bits per heavy atom. The highest BCUT2D eigenvalue weighted by atomic mass is 16.6. The number of carbonyl (C=O) groups is 4. The predicted octanol–water partition coefficient (Wildman–Crippen LogP) is 2.62. The third-order valence-corrected chi connectivity index (χ3v) is 11.7. The summed E-state index contributed by atoms with van der Waals surface area (Å²) in [5, 5.41) is 23.3. The van der Waals surface area contributed by atoms with E-state index in [4.69, 9.17) is 23.4 Å². The summed E-state index contributed by atoms with van der Waals surface area (Å²) >= 11 is 0. The van der Waals surface area contributed by atoms with Gasteiger partial charge in [-0.1, -0.05) is 40.7 Å². The average molecular weight is 601 g/mol. The van der Waals surface area contributed by atoms with Gasteiger partial charge in [0.2, 0.25) is 0 Å². The van der Waals surface area contributed by atoms with Crippen LogP contribution in [0.4, 0.5) is 0 Å². The molecule has 2 bridgehead atoms. The van der Waals surface area contributed by atoms with Crippen LogP contribution in [-0.2, 0) is 38.1 Å². The number of aliphatic hydroxyl groups excluding tert-OH is 2. The topological polar surface area (TPSA) is 159 Å². The summed E-state index contributed by atoms with van der Waals surface area (Å²) in [7, 11) is 0. The van der Waals surface area contributed by atoms with Crippen molar-refractivity contribution >= 4 is 23.7 Å². The molecule has 3 saturated heterocycles. The highest BCUT2D eigenvalue weighted by Gasteiger charge is 2.81. The second-order valence-corrected chi connectivity index (χ2v) is 13.8. The van der Waals surface area contributed by atoms with Crippen molar-refractivity contribution in [2.75, 3.05) is 6.61 Å². The molecule has 1 spiro atoms. The lowest BCUT2D eigenvalue weighted by Crippen LogP contribution is -2.76. The molecule has 0 unspecified atom stereocenters. The van der Waals surface area contributed by atoms with Crippen LogP contribution in [0.5, 0.6) is 0 Å². The van der Waals surface area contributed by atoms with Crippen LogP contribution in [0.3, 0.4) is 0 Å². The van der Waals surface area contributed by atoms with E-state index in [-0.39, 0.29) is 31.7 Å². The van der Waals surface area contributed by atoms with Crippen LogP contribution >= 0.6 is 0 Å². The Balaban J connectivity index is 1.56. The van der Waals surface area contributed by atoms with Crippen molar-refractivity contribution in [3.05, 3.63) is 36.3 Å². The third-order valence-electron chi connectivity index (χ3n) is 11.7. The molecule has 0 radical (unpaired) electrons. The molecule has 2 N–H and O–H groups in total. The van der Waals surface area contributed by atoms with E-state index in [0.29, 0.717) is 17.6 Å². The fourth-order valence-corrected chi connectivity index (χ4v) is 9.20. The van der Waals surface area contributed by atoms with Gasteiger partial charge in [-0.3, -0.25) is 14.4 Å². The number of fused-ring (bicyclic) bond motifs is 5. The number of hydrogen-bond donors (Lipinski definition) is 2. The fraction of sp³-hybridized carbons (Fsp3) is 0.688. The van der Waals surface area contributed by atoms with E-state index in [1.54, 1.807) is 26.8 Å². The number of rotatable bonds is 5. The van der Waals surface area contributed by atoms with Gasteiger partial charge in [0.05, 0.1) is 43.0 Å². The van der Waals surface area contributed by atoms with Gasteiger partial charge in [-0.25, -0.2) is 4.79 Å². The van der Waals surface area contributed by atoms with Gasteiger partial charge in [-0.2, -0.15) is 0 Å². The smallest absolute Gasteiger partial charge is 0.335 e. The lowest BCUT2D eigenvalue weighted by Gasteiger charge is -2.67. The molecule has 43 heavy (non-hydrogen) atoms. The van der Waals surface area contributed by atoms with Crippen LogP contribution in [0.1, 0.15) is 71.8 Å².